The number of benzene rings is 2. The van der Waals surface area contributed by atoms with Gasteiger partial charge in [0.15, 0.2) is 0 Å². The molecule has 26 heavy (non-hydrogen) atoms. The van der Waals surface area contributed by atoms with Crippen molar-refractivity contribution in [1.82, 2.24) is 4.98 Å². The average molecular weight is 359 g/mol. The molecule has 0 unspecified atom stereocenters. The molecule has 3 N–H and O–H groups in total. The lowest BCUT2D eigenvalue weighted by Gasteiger charge is -2.13. The van der Waals surface area contributed by atoms with E-state index in [1.165, 1.54) is 12.3 Å². The van der Waals surface area contributed by atoms with Gasteiger partial charge < -0.3 is 11.1 Å². The van der Waals surface area contributed by atoms with E-state index in [0.29, 0.717) is 22.4 Å². The van der Waals surface area contributed by atoms with Crippen LogP contribution in [-0.4, -0.2) is 11.2 Å². The van der Waals surface area contributed by atoms with Crippen molar-refractivity contribution in [2.75, 3.05) is 5.73 Å². The first kappa shape index (κ1) is 17.6. The Bertz CT molecular complexity index is 981. The number of anilines is 1. The minimum Gasteiger partial charge on any atom is -0.398 e. The van der Waals surface area contributed by atoms with Gasteiger partial charge in [0, 0.05) is 34.8 Å². The van der Waals surface area contributed by atoms with Gasteiger partial charge >= 0.3 is 6.18 Å². The molecule has 0 saturated heterocycles. The van der Waals surface area contributed by atoms with Gasteiger partial charge in [0.05, 0.1) is 11.3 Å². The summed E-state index contributed by atoms with van der Waals surface area (Å²) in [7, 11) is 0. The molecule has 3 aromatic rings. The molecular weight excluding hydrogens is 346 g/mol. The number of halogens is 4. The normalized spacial score (nSPS) is 11.4. The lowest BCUT2D eigenvalue weighted by atomic mass is 9.96. The summed E-state index contributed by atoms with van der Waals surface area (Å²) in [5.74, 6) is -1.34. The van der Waals surface area contributed by atoms with E-state index in [-0.39, 0.29) is 11.3 Å². The van der Waals surface area contributed by atoms with Crippen LogP contribution in [0.15, 0.2) is 54.7 Å². The number of pyridine rings is 1. The molecule has 0 aliphatic heterocycles. The summed E-state index contributed by atoms with van der Waals surface area (Å²) in [6.07, 6.45) is -2.26. The Morgan fingerprint density at radius 1 is 1.00 bits per heavy atom. The van der Waals surface area contributed by atoms with Crippen LogP contribution in [0.5, 0.6) is 0 Å². The number of nitrogens with one attached hydrogen (secondary N) is 1. The van der Waals surface area contributed by atoms with Crippen LogP contribution in [0.3, 0.4) is 0 Å². The van der Waals surface area contributed by atoms with Crippen molar-refractivity contribution < 1.29 is 17.6 Å². The van der Waals surface area contributed by atoms with Crippen molar-refractivity contribution in [2.45, 2.75) is 6.18 Å². The zero-order valence-electron chi connectivity index (χ0n) is 13.3. The zero-order chi connectivity index (χ0) is 18.9. The molecule has 132 valence electrons. The van der Waals surface area contributed by atoms with Gasteiger partial charge in [0.2, 0.25) is 0 Å². The van der Waals surface area contributed by atoms with Crippen LogP contribution in [-0.2, 0) is 6.18 Å². The van der Waals surface area contributed by atoms with Gasteiger partial charge in [-0.15, -0.1) is 0 Å². The third kappa shape index (κ3) is 3.28. The number of nitrogen functional groups attached to an aromatic ring is 1. The lowest BCUT2D eigenvalue weighted by Crippen LogP contribution is -2.08. The minimum absolute atomic E-state index is 0.141. The molecule has 0 aliphatic carbocycles. The fourth-order valence-corrected chi connectivity index (χ4v) is 2.63. The Balaban J connectivity index is 2.19. The van der Waals surface area contributed by atoms with E-state index in [9.17, 15) is 17.6 Å². The second kappa shape index (κ2) is 6.59. The predicted octanol–water partition coefficient (Wildman–Crippen LogP) is 5.15. The first-order chi connectivity index (χ1) is 12.3. The summed E-state index contributed by atoms with van der Waals surface area (Å²) in [4.78, 5) is 4.18. The number of nitrogens with two attached hydrogens (primary N) is 1. The van der Waals surface area contributed by atoms with Crippen molar-refractivity contribution in [3.05, 3.63) is 71.7 Å². The van der Waals surface area contributed by atoms with Crippen molar-refractivity contribution in [3.63, 3.8) is 0 Å². The largest absolute Gasteiger partial charge is 0.419 e. The second-order valence-electron chi connectivity index (χ2n) is 5.58. The number of nitrogens with zero attached hydrogens (tertiary/aromatic N) is 1. The van der Waals surface area contributed by atoms with Gasteiger partial charge in [0.1, 0.15) is 5.82 Å². The number of hydrogen-bond acceptors (Lipinski definition) is 3. The van der Waals surface area contributed by atoms with Crippen molar-refractivity contribution in [1.29, 1.82) is 5.41 Å². The van der Waals surface area contributed by atoms with Crippen molar-refractivity contribution in [2.24, 2.45) is 0 Å². The standard InChI is InChI=1S/C19H13F4N3/c20-16-5-3-12(9-15(16)19(21,22)23)18-14(2-1-7-26-18)11-4-6-17(25)13(8-11)10-24/h1-10,24H,25H2. The van der Waals surface area contributed by atoms with E-state index >= 15 is 0 Å². The molecule has 3 nitrogen and oxygen atoms in total. The van der Waals surface area contributed by atoms with E-state index in [0.717, 1.165) is 18.3 Å². The summed E-state index contributed by atoms with van der Waals surface area (Å²) in [6, 6.07) is 11.1. The second-order valence-corrected chi connectivity index (χ2v) is 5.58. The van der Waals surface area contributed by atoms with Crippen LogP contribution < -0.4 is 5.73 Å². The minimum atomic E-state index is -4.80. The topological polar surface area (TPSA) is 62.8 Å². The monoisotopic (exact) mass is 359 g/mol. The zero-order valence-corrected chi connectivity index (χ0v) is 13.3. The quantitative estimate of drug-likeness (QED) is 0.386. The van der Waals surface area contributed by atoms with Crippen LogP contribution in [0.25, 0.3) is 22.4 Å². The van der Waals surface area contributed by atoms with Crippen LogP contribution in [0.2, 0.25) is 0 Å². The highest BCUT2D eigenvalue weighted by Gasteiger charge is 2.34. The maximum Gasteiger partial charge on any atom is 0.419 e. The SMILES string of the molecule is N=Cc1cc(-c2cccnc2-c2ccc(F)c(C(F)(F)F)c2)ccc1N. The first-order valence-corrected chi connectivity index (χ1v) is 7.54. The number of hydrogen-bond donors (Lipinski definition) is 2. The fourth-order valence-electron chi connectivity index (χ4n) is 2.63. The van der Waals surface area contributed by atoms with E-state index in [1.807, 2.05) is 0 Å². The Morgan fingerprint density at radius 3 is 2.42 bits per heavy atom. The molecule has 0 saturated carbocycles. The van der Waals surface area contributed by atoms with Gasteiger partial charge in [-0.2, -0.15) is 13.2 Å². The van der Waals surface area contributed by atoms with Gasteiger partial charge in [-0.25, -0.2) is 4.39 Å². The predicted molar refractivity (Wildman–Crippen MR) is 92.4 cm³/mol. The van der Waals surface area contributed by atoms with Crippen LogP contribution >= 0.6 is 0 Å². The fraction of sp³-hybridized carbons (Fsp3) is 0.0526. The van der Waals surface area contributed by atoms with Crippen LogP contribution in [0.4, 0.5) is 23.2 Å². The van der Waals surface area contributed by atoms with E-state index < -0.39 is 17.6 Å². The lowest BCUT2D eigenvalue weighted by molar-refractivity contribution is -0.139. The maximum atomic E-state index is 13.6. The van der Waals surface area contributed by atoms with Crippen LogP contribution in [0, 0.1) is 11.2 Å². The molecule has 0 amide bonds. The molecule has 0 bridgehead atoms. The highest BCUT2D eigenvalue weighted by atomic mass is 19.4. The highest BCUT2D eigenvalue weighted by molar-refractivity contribution is 5.90. The summed E-state index contributed by atoms with van der Waals surface area (Å²) < 4.78 is 52.6. The molecule has 0 atom stereocenters. The molecule has 0 radical (unpaired) electrons. The van der Waals surface area contributed by atoms with Crippen molar-refractivity contribution >= 4 is 11.9 Å². The Hall–Kier alpha value is -3.22. The summed E-state index contributed by atoms with van der Waals surface area (Å²) in [5, 5.41) is 7.39. The van der Waals surface area contributed by atoms with Crippen LogP contribution in [0.1, 0.15) is 11.1 Å². The molecule has 1 heterocycles. The number of rotatable bonds is 3. The highest BCUT2D eigenvalue weighted by Crippen LogP contribution is 2.36. The number of alkyl halides is 3. The van der Waals surface area contributed by atoms with Gasteiger partial charge in [-0.3, -0.25) is 4.98 Å². The van der Waals surface area contributed by atoms with E-state index in [4.69, 9.17) is 11.1 Å². The molecule has 7 heteroatoms. The van der Waals surface area contributed by atoms with Gasteiger partial charge in [-0.05, 0) is 42.0 Å². The maximum absolute atomic E-state index is 13.6. The molecule has 2 aromatic carbocycles. The summed E-state index contributed by atoms with van der Waals surface area (Å²) in [5.41, 5.74) is 6.93. The van der Waals surface area contributed by atoms with E-state index in [1.54, 1.807) is 30.3 Å². The first-order valence-electron chi connectivity index (χ1n) is 7.54. The molecule has 0 spiro atoms. The summed E-state index contributed by atoms with van der Waals surface area (Å²) >= 11 is 0. The smallest absolute Gasteiger partial charge is 0.398 e. The third-order valence-electron chi connectivity index (χ3n) is 3.91. The molecule has 1 aromatic heterocycles. The van der Waals surface area contributed by atoms with Crippen molar-refractivity contribution in [3.8, 4) is 22.4 Å². The van der Waals surface area contributed by atoms with Gasteiger partial charge in [-0.1, -0.05) is 12.1 Å². The van der Waals surface area contributed by atoms with Gasteiger partial charge in [0.25, 0.3) is 0 Å². The van der Waals surface area contributed by atoms with E-state index in [2.05, 4.69) is 4.98 Å². The average Bonchev–Trinajstić information content (AvgIpc) is 2.62. The Labute approximate surface area is 146 Å². The Kier molecular flexibility index (Phi) is 4.46. The Morgan fingerprint density at radius 2 is 1.73 bits per heavy atom. The molecule has 0 aliphatic rings. The molecular formula is C19H13F4N3. The molecule has 3 rings (SSSR count). The summed E-state index contributed by atoms with van der Waals surface area (Å²) in [6.45, 7) is 0. The number of aromatic nitrogens is 1. The third-order valence-corrected chi connectivity index (χ3v) is 3.91. The molecule has 0 fully saturated rings.